The summed E-state index contributed by atoms with van der Waals surface area (Å²) in [5.74, 6) is 1.13. The Bertz CT molecular complexity index is 713. The average molecular weight is 312 g/mol. The van der Waals surface area contributed by atoms with Crippen molar-refractivity contribution in [3.8, 4) is 0 Å². The molecule has 1 aromatic heterocycles. The second-order valence-corrected chi connectivity index (χ2v) is 6.56. The van der Waals surface area contributed by atoms with E-state index >= 15 is 0 Å². The molecule has 23 heavy (non-hydrogen) atoms. The Morgan fingerprint density at radius 2 is 2.13 bits per heavy atom. The minimum atomic E-state index is 0.0821. The largest absolute Gasteiger partial charge is 0.363 e. The van der Waals surface area contributed by atoms with Crippen LogP contribution >= 0.6 is 0 Å². The van der Waals surface area contributed by atoms with Gasteiger partial charge in [0.1, 0.15) is 5.82 Å². The van der Waals surface area contributed by atoms with Gasteiger partial charge in [-0.25, -0.2) is 4.98 Å². The lowest BCUT2D eigenvalue weighted by Gasteiger charge is -2.28. The van der Waals surface area contributed by atoms with Crippen LogP contribution in [0.25, 0.3) is 10.9 Å². The zero-order valence-electron chi connectivity index (χ0n) is 14.0. The molecule has 1 aliphatic heterocycles. The summed E-state index contributed by atoms with van der Waals surface area (Å²) in [4.78, 5) is 21.2. The Morgan fingerprint density at radius 1 is 1.30 bits per heavy atom. The molecule has 5 nitrogen and oxygen atoms in total. The number of hydrogen-bond donors (Lipinski definition) is 1. The molecule has 2 aromatic rings. The summed E-state index contributed by atoms with van der Waals surface area (Å²) in [7, 11) is 6.03. The van der Waals surface area contributed by atoms with Crippen LogP contribution in [0.1, 0.15) is 12.8 Å². The highest BCUT2D eigenvalue weighted by molar-refractivity contribution is 5.95. The molecular formula is C18H24N4O. The number of likely N-dealkylation sites (tertiary alicyclic amines) is 1. The molecule has 3 rings (SSSR count). The van der Waals surface area contributed by atoms with Crippen molar-refractivity contribution >= 4 is 28.3 Å². The molecule has 2 heterocycles. The maximum atomic E-state index is 12.4. The average Bonchev–Trinajstić information content (AvgIpc) is 2.54. The fraction of sp³-hybridized carbons (Fsp3) is 0.444. The lowest BCUT2D eigenvalue weighted by atomic mass is 9.97. The van der Waals surface area contributed by atoms with E-state index in [1.807, 2.05) is 49.3 Å². The lowest BCUT2D eigenvalue weighted by molar-refractivity contribution is -0.121. The zero-order chi connectivity index (χ0) is 16.4. The minimum absolute atomic E-state index is 0.0821. The minimum Gasteiger partial charge on any atom is -0.363 e. The van der Waals surface area contributed by atoms with Gasteiger partial charge in [-0.15, -0.1) is 0 Å². The zero-order valence-corrected chi connectivity index (χ0v) is 14.0. The van der Waals surface area contributed by atoms with E-state index < -0.39 is 0 Å². The van der Waals surface area contributed by atoms with Crippen molar-refractivity contribution in [3.05, 3.63) is 30.3 Å². The van der Waals surface area contributed by atoms with E-state index in [0.29, 0.717) is 0 Å². The molecule has 1 amide bonds. The fourth-order valence-electron chi connectivity index (χ4n) is 3.07. The number of rotatable bonds is 3. The van der Waals surface area contributed by atoms with Gasteiger partial charge in [0.2, 0.25) is 5.91 Å². The van der Waals surface area contributed by atoms with Crippen LogP contribution in [0, 0.1) is 5.92 Å². The van der Waals surface area contributed by atoms with Gasteiger partial charge in [0.05, 0.1) is 11.4 Å². The summed E-state index contributed by atoms with van der Waals surface area (Å²) in [6.45, 7) is 1.92. The van der Waals surface area contributed by atoms with E-state index in [9.17, 15) is 4.79 Å². The normalized spacial score (nSPS) is 18.8. The maximum Gasteiger partial charge on any atom is 0.228 e. The molecule has 0 radical (unpaired) electrons. The van der Waals surface area contributed by atoms with Crippen molar-refractivity contribution in [2.24, 2.45) is 5.92 Å². The van der Waals surface area contributed by atoms with Crippen molar-refractivity contribution < 1.29 is 4.79 Å². The summed E-state index contributed by atoms with van der Waals surface area (Å²) >= 11 is 0. The number of anilines is 2. The van der Waals surface area contributed by atoms with Crippen molar-refractivity contribution in [2.45, 2.75) is 12.8 Å². The highest BCUT2D eigenvalue weighted by Crippen LogP contribution is 2.22. The number of aromatic nitrogens is 1. The van der Waals surface area contributed by atoms with Crippen LogP contribution in [0.3, 0.4) is 0 Å². The number of nitrogens with zero attached hydrogens (tertiary/aromatic N) is 3. The molecule has 1 atom stereocenters. The van der Waals surface area contributed by atoms with Crippen molar-refractivity contribution in [1.82, 2.24) is 9.88 Å². The van der Waals surface area contributed by atoms with Crippen molar-refractivity contribution in [3.63, 3.8) is 0 Å². The number of hydrogen-bond acceptors (Lipinski definition) is 4. The van der Waals surface area contributed by atoms with Gasteiger partial charge >= 0.3 is 0 Å². The quantitative estimate of drug-likeness (QED) is 0.946. The Morgan fingerprint density at radius 3 is 2.87 bits per heavy atom. The molecule has 1 aliphatic rings. The van der Waals surface area contributed by atoms with Crippen molar-refractivity contribution in [1.29, 1.82) is 0 Å². The van der Waals surface area contributed by atoms with Crippen LogP contribution in [0.5, 0.6) is 0 Å². The molecule has 0 saturated carbocycles. The van der Waals surface area contributed by atoms with Crippen LogP contribution in [0.4, 0.5) is 11.5 Å². The van der Waals surface area contributed by atoms with Crippen LogP contribution in [0.15, 0.2) is 30.3 Å². The molecule has 5 heteroatoms. The predicted molar refractivity (Wildman–Crippen MR) is 94.9 cm³/mol. The van der Waals surface area contributed by atoms with E-state index in [1.165, 1.54) is 0 Å². The molecule has 0 bridgehead atoms. The molecule has 1 saturated heterocycles. The molecule has 122 valence electrons. The first-order valence-corrected chi connectivity index (χ1v) is 8.10. The monoisotopic (exact) mass is 312 g/mol. The topological polar surface area (TPSA) is 48.5 Å². The Balaban J connectivity index is 1.75. The first-order valence-electron chi connectivity index (χ1n) is 8.10. The number of fused-ring (bicyclic) bond motifs is 1. The Labute approximate surface area is 137 Å². The van der Waals surface area contributed by atoms with E-state index in [2.05, 4.69) is 22.2 Å². The third-order valence-electron chi connectivity index (χ3n) is 4.40. The smallest absolute Gasteiger partial charge is 0.228 e. The fourth-order valence-corrected chi connectivity index (χ4v) is 3.07. The van der Waals surface area contributed by atoms with Gasteiger partial charge in [-0.1, -0.05) is 0 Å². The van der Waals surface area contributed by atoms with Gasteiger partial charge in [-0.3, -0.25) is 4.79 Å². The standard InChI is InChI=1S/C18H24N4O/c1-21(2)17-9-6-13-11-15(7-8-16(13)20-17)19-18(23)14-5-4-10-22(3)12-14/h6-9,11,14H,4-5,10,12H2,1-3H3,(H,19,23). The Hall–Kier alpha value is -2.14. The second-order valence-electron chi connectivity index (χ2n) is 6.56. The van der Waals surface area contributed by atoms with Gasteiger partial charge in [-0.2, -0.15) is 0 Å². The van der Waals surface area contributed by atoms with E-state index in [1.54, 1.807) is 0 Å². The predicted octanol–water partition coefficient (Wildman–Crippen LogP) is 2.58. The number of pyridine rings is 1. The lowest BCUT2D eigenvalue weighted by Crippen LogP contribution is -2.38. The molecule has 0 aliphatic carbocycles. The van der Waals surface area contributed by atoms with Crippen LogP contribution in [-0.4, -0.2) is 50.0 Å². The van der Waals surface area contributed by atoms with Gasteiger partial charge in [0.15, 0.2) is 0 Å². The number of carbonyl (C=O) groups excluding carboxylic acids is 1. The van der Waals surface area contributed by atoms with E-state index in [-0.39, 0.29) is 11.8 Å². The first-order chi connectivity index (χ1) is 11.0. The second kappa shape index (κ2) is 6.54. The number of piperidine rings is 1. The van der Waals surface area contributed by atoms with Gasteiger partial charge in [-0.05, 0) is 56.8 Å². The Kier molecular flexibility index (Phi) is 4.48. The van der Waals surface area contributed by atoms with Gasteiger partial charge in [0.25, 0.3) is 0 Å². The summed E-state index contributed by atoms with van der Waals surface area (Å²) in [6.07, 6.45) is 2.06. The molecule has 1 N–H and O–H groups in total. The third-order valence-corrected chi connectivity index (χ3v) is 4.40. The number of amides is 1. The summed E-state index contributed by atoms with van der Waals surface area (Å²) in [6, 6.07) is 9.92. The van der Waals surface area contributed by atoms with Crippen LogP contribution in [0.2, 0.25) is 0 Å². The third kappa shape index (κ3) is 3.62. The number of carbonyl (C=O) groups is 1. The number of nitrogens with one attached hydrogen (secondary N) is 1. The summed E-state index contributed by atoms with van der Waals surface area (Å²) in [5.41, 5.74) is 1.78. The van der Waals surface area contributed by atoms with Crippen molar-refractivity contribution in [2.75, 3.05) is 44.4 Å². The van der Waals surface area contributed by atoms with Crippen LogP contribution < -0.4 is 10.2 Å². The first kappa shape index (κ1) is 15.7. The SMILES string of the molecule is CN1CCCC(C(=O)Nc2ccc3nc(N(C)C)ccc3c2)C1. The molecule has 1 unspecified atom stereocenters. The van der Waals surface area contributed by atoms with E-state index in [0.717, 1.165) is 48.3 Å². The summed E-state index contributed by atoms with van der Waals surface area (Å²) in [5, 5.41) is 4.09. The maximum absolute atomic E-state index is 12.4. The molecule has 1 aromatic carbocycles. The number of benzene rings is 1. The van der Waals surface area contributed by atoms with E-state index in [4.69, 9.17) is 0 Å². The van der Waals surface area contributed by atoms with Crippen LogP contribution in [-0.2, 0) is 4.79 Å². The van der Waals surface area contributed by atoms with Gasteiger partial charge < -0.3 is 15.1 Å². The molecule has 1 fully saturated rings. The molecule has 0 spiro atoms. The summed E-state index contributed by atoms with van der Waals surface area (Å²) < 4.78 is 0. The molecular weight excluding hydrogens is 288 g/mol. The highest BCUT2D eigenvalue weighted by atomic mass is 16.1. The highest BCUT2D eigenvalue weighted by Gasteiger charge is 2.23. The van der Waals surface area contributed by atoms with Gasteiger partial charge in [0, 0.05) is 31.7 Å².